The summed E-state index contributed by atoms with van der Waals surface area (Å²) in [5.74, 6) is 1.34. The third kappa shape index (κ3) is 5.52. The molecule has 0 heterocycles. The lowest BCUT2D eigenvalue weighted by Crippen LogP contribution is -2.15. The van der Waals surface area contributed by atoms with E-state index in [0.717, 1.165) is 21.3 Å². The molecule has 0 amide bonds. The molecule has 0 radical (unpaired) electrons. The molecule has 29 heavy (non-hydrogen) atoms. The van der Waals surface area contributed by atoms with Crippen molar-refractivity contribution >= 4 is 21.6 Å². The van der Waals surface area contributed by atoms with E-state index in [1.54, 1.807) is 14.2 Å². The normalized spacial score (nSPS) is 12.9. The SMILES string of the molecule is COc1ccc(C(CC(O)c2ccc(C)cc2)Nc2ccc(Br)cc2)cc1OC. The maximum atomic E-state index is 10.9. The Labute approximate surface area is 180 Å². The highest BCUT2D eigenvalue weighted by molar-refractivity contribution is 9.10. The number of methoxy groups -OCH3 is 2. The number of anilines is 1. The third-order valence-corrected chi connectivity index (χ3v) is 5.44. The quantitative estimate of drug-likeness (QED) is 0.433. The summed E-state index contributed by atoms with van der Waals surface area (Å²) in [6.45, 7) is 2.04. The zero-order valence-electron chi connectivity index (χ0n) is 16.9. The van der Waals surface area contributed by atoms with Gasteiger partial charge in [-0.25, -0.2) is 0 Å². The number of aliphatic hydroxyl groups is 1. The fourth-order valence-electron chi connectivity index (χ4n) is 3.24. The van der Waals surface area contributed by atoms with Gasteiger partial charge in [0, 0.05) is 16.6 Å². The van der Waals surface area contributed by atoms with Crippen LogP contribution in [0.2, 0.25) is 0 Å². The highest BCUT2D eigenvalue weighted by Gasteiger charge is 2.20. The van der Waals surface area contributed by atoms with E-state index in [2.05, 4.69) is 21.2 Å². The monoisotopic (exact) mass is 455 g/mol. The summed E-state index contributed by atoms with van der Waals surface area (Å²) in [5, 5.41) is 14.4. The number of ether oxygens (including phenoxy) is 2. The third-order valence-electron chi connectivity index (χ3n) is 4.92. The summed E-state index contributed by atoms with van der Waals surface area (Å²) in [6.07, 6.45) is -0.0918. The van der Waals surface area contributed by atoms with Crippen LogP contribution in [0.15, 0.2) is 71.2 Å². The second kappa shape index (κ2) is 9.81. The number of hydrogen-bond acceptors (Lipinski definition) is 4. The predicted octanol–water partition coefficient (Wildman–Crippen LogP) is 6.05. The molecule has 0 fully saturated rings. The summed E-state index contributed by atoms with van der Waals surface area (Å²) in [6, 6.07) is 21.7. The molecule has 152 valence electrons. The van der Waals surface area contributed by atoms with Gasteiger partial charge in [0.15, 0.2) is 11.5 Å². The Morgan fingerprint density at radius 1 is 0.862 bits per heavy atom. The van der Waals surface area contributed by atoms with Crippen LogP contribution in [0.4, 0.5) is 5.69 Å². The number of benzene rings is 3. The summed E-state index contributed by atoms with van der Waals surface area (Å²) in [7, 11) is 3.25. The Hall–Kier alpha value is -2.50. The average Bonchev–Trinajstić information content (AvgIpc) is 2.74. The zero-order valence-corrected chi connectivity index (χ0v) is 18.4. The van der Waals surface area contributed by atoms with Crippen molar-refractivity contribution in [3.63, 3.8) is 0 Å². The van der Waals surface area contributed by atoms with Crippen LogP contribution < -0.4 is 14.8 Å². The van der Waals surface area contributed by atoms with E-state index in [1.165, 1.54) is 5.56 Å². The Kier molecular flexibility index (Phi) is 7.18. The Morgan fingerprint density at radius 3 is 2.10 bits per heavy atom. The van der Waals surface area contributed by atoms with Crippen molar-refractivity contribution < 1.29 is 14.6 Å². The van der Waals surface area contributed by atoms with Crippen LogP contribution in [0.3, 0.4) is 0 Å². The molecule has 2 atom stereocenters. The predicted molar refractivity (Wildman–Crippen MR) is 121 cm³/mol. The number of hydrogen-bond donors (Lipinski definition) is 2. The first kappa shape index (κ1) is 21.2. The van der Waals surface area contributed by atoms with E-state index in [4.69, 9.17) is 9.47 Å². The molecule has 0 spiro atoms. The first-order chi connectivity index (χ1) is 14.0. The minimum atomic E-state index is -0.600. The van der Waals surface area contributed by atoms with Crippen molar-refractivity contribution in [3.05, 3.63) is 87.9 Å². The van der Waals surface area contributed by atoms with Gasteiger partial charge in [0.25, 0.3) is 0 Å². The van der Waals surface area contributed by atoms with Crippen molar-refractivity contribution in [2.75, 3.05) is 19.5 Å². The second-order valence-electron chi connectivity index (χ2n) is 6.98. The molecule has 3 aromatic rings. The molecule has 0 aliphatic carbocycles. The van der Waals surface area contributed by atoms with Crippen LogP contribution in [0, 0.1) is 6.92 Å². The molecule has 0 aliphatic heterocycles. The van der Waals surface area contributed by atoms with E-state index in [-0.39, 0.29) is 6.04 Å². The Morgan fingerprint density at radius 2 is 1.48 bits per heavy atom. The van der Waals surface area contributed by atoms with E-state index in [9.17, 15) is 5.11 Å². The highest BCUT2D eigenvalue weighted by Crippen LogP contribution is 2.35. The number of halogens is 1. The molecule has 5 heteroatoms. The van der Waals surface area contributed by atoms with Crippen LogP contribution in [0.5, 0.6) is 11.5 Å². The lowest BCUT2D eigenvalue weighted by atomic mass is 9.95. The van der Waals surface area contributed by atoms with Crippen LogP contribution in [-0.2, 0) is 0 Å². The number of aliphatic hydroxyl groups excluding tert-OH is 1. The molecule has 3 aromatic carbocycles. The molecule has 0 saturated heterocycles. The average molecular weight is 456 g/mol. The van der Waals surface area contributed by atoms with Gasteiger partial charge in [-0.05, 0) is 54.4 Å². The van der Waals surface area contributed by atoms with Crippen molar-refractivity contribution in [1.29, 1.82) is 0 Å². The zero-order chi connectivity index (χ0) is 20.8. The van der Waals surface area contributed by atoms with Gasteiger partial charge in [-0.2, -0.15) is 0 Å². The lowest BCUT2D eigenvalue weighted by molar-refractivity contribution is 0.160. The molecular weight excluding hydrogens is 430 g/mol. The van der Waals surface area contributed by atoms with E-state index >= 15 is 0 Å². The van der Waals surface area contributed by atoms with Gasteiger partial charge in [0.1, 0.15) is 0 Å². The number of aryl methyl sites for hydroxylation is 1. The summed E-state index contributed by atoms with van der Waals surface area (Å²) < 4.78 is 11.9. The van der Waals surface area contributed by atoms with Gasteiger partial charge >= 0.3 is 0 Å². The summed E-state index contributed by atoms with van der Waals surface area (Å²) in [5.41, 5.74) is 4.06. The van der Waals surface area contributed by atoms with E-state index in [1.807, 2.05) is 73.7 Å². The summed E-state index contributed by atoms with van der Waals surface area (Å²) in [4.78, 5) is 0. The standard InChI is InChI=1S/C24H26BrNO3/c1-16-4-6-17(7-5-16)22(27)15-21(26-20-11-9-19(25)10-12-20)18-8-13-23(28-2)24(14-18)29-3/h4-14,21-22,26-27H,15H2,1-3H3. The Balaban J connectivity index is 1.90. The van der Waals surface area contributed by atoms with Crippen LogP contribution >= 0.6 is 15.9 Å². The molecule has 0 aliphatic rings. The van der Waals surface area contributed by atoms with Gasteiger partial charge in [-0.15, -0.1) is 0 Å². The van der Waals surface area contributed by atoms with Gasteiger partial charge in [-0.3, -0.25) is 0 Å². The fourth-order valence-corrected chi connectivity index (χ4v) is 3.51. The topological polar surface area (TPSA) is 50.7 Å². The maximum absolute atomic E-state index is 10.9. The molecular formula is C24H26BrNO3. The van der Waals surface area contributed by atoms with Gasteiger partial charge in [0.05, 0.1) is 26.4 Å². The maximum Gasteiger partial charge on any atom is 0.161 e. The number of nitrogens with one attached hydrogen (secondary N) is 1. The Bertz CT molecular complexity index is 926. The van der Waals surface area contributed by atoms with Gasteiger partial charge in [-0.1, -0.05) is 51.8 Å². The minimum Gasteiger partial charge on any atom is -0.493 e. The molecule has 2 unspecified atom stereocenters. The van der Waals surface area contributed by atoms with Crippen molar-refractivity contribution in [2.45, 2.75) is 25.5 Å². The molecule has 0 saturated carbocycles. The van der Waals surface area contributed by atoms with Crippen molar-refractivity contribution in [2.24, 2.45) is 0 Å². The van der Waals surface area contributed by atoms with Crippen LogP contribution in [0.1, 0.15) is 35.3 Å². The molecule has 0 bridgehead atoms. The molecule has 3 rings (SSSR count). The van der Waals surface area contributed by atoms with E-state index in [0.29, 0.717) is 17.9 Å². The molecule has 0 aromatic heterocycles. The van der Waals surface area contributed by atoms with E-state index < -0.39 is 6.10 Å². The van der Waals surface area contributed by atoms with Crippen molar-refractivity contribution in [3.8, 4) is 11.5 Å². The second-order valence-corrected chi connectivity index (χ2v) is 7.90. The lowest BCUT2D eigenvalue weighted by Gasteiger charge is -2.24. The van der Waals surface area contributed by atoms with Gasteiger partial charge < -0.3 is 19.9 Å². The minimum absolute atomic E-state index is 0.118. The first-order valence-electron chi connectivity index (χ1n) is 9.49. The first-order valence-corrected chi connectivity index (χ1v) is 10.3. The highest BCUT2D eigenvalue weighted by atomic mass is 79.9. The van der Waals surface area contributed by atoms with Crippen molar-refractivity contribution in [1.82, 2.24) is 0 Å². The smallest absolute Gasteiger partial charge is 0.161 e. The van der Waals surface area contributed by atoms with Gasteiger partial charge in [0.2, 0.25) is 0 Å². The molecule has 4 nitrogen and oxygen atoms in total. The summed E-state index contributed by atoms with van der Waals surface area (Å²) >= 11 is 3.47. The van der Waals surface area contributed by atoms with Crippen LogP contribution in [-0.4, -0.2) is 19.3 Å². The number of rotatable bonds is 8. The molecule has 2 N–H and O–H groups in total. The largest absolute Gasteiger partial charge is 0.493 e. The fraction of sp³-hybridized carbons (Fsp3) is 0.250. The van der Waals surface area contributed by atoms with Crippen LogP contribution in [0.25, 0.3) is 0 Å².